The van der Waals surface area contributed by atoms with Gasteiger partial charge in [-0.1, -0.05) is 170 Å². The van der Waals surface area contributed by atoms with Crippen molar-refractivity contribution in [3.8, 4) is 89.8 Å². The summed E-state index contributed by atoms with van der Waals surface area (Å²) in [5, 5.41) is 1.06. The largest absolute Gasteiger partial charge is 0.254 e. The monoisotopic (exact) mass is 740 g/mol. The number of aromatic nitrogens is 4. The molecule has 272 valence electrons. The third kappa shape index (κ3) is 7.07. The van der Waals surface area contributed by atoms with E-state index in [4.69, 9.17) is 19.9 Å². The molecule has 0 saturated heterocycles. The molecule has 4 nitrogen and oxygen atoms in total. The summed E-state index contributed by atoms with van der Waals surface area (Å²) < 4.78 is 0. The van der Waals surface area contributed by atoms with Crippen molar-refractivity contribution in [3.63, 3.8) is 0 Å². The zero-order valence-corrected chi connectivity index (χ0v) is 31.6. The molecule has 0 aliphatic carbocycles. The Morgan fingerprint density at radius 1 is 0.259 bits per heavy atom. The summed E-state index contributed by atoms with van der Waals surface area (Å²) in [5.41, 5.74) is 16.2. The minimum Gasteiger partial charge on any atom is -0.254 e. The Morgan fingerprint density at radius 2 is 0.741 bits per heavy atom. The Bertz CT molecular complexity index is 2960. The number of nitrogens with zero attached hydrogens (tertiary/aromatic N) is 4. The highest BCUT2D eigenvalue weighted by Gasteiger charge is 2.15. The minimum absolute atomic E-state index is 0.661. The van der Waals surface area contributed by atoms with Gasteiger partial charge in [0, 0.05) is 33.8 Å². The molecule has 0 N–H and O–H groups in total. The van der Waals surface area contributed by atoms with E-state index >= 15 is 0 Å². The molecule has 58 heavy (non-hydrogen) atoms. The molecule has 0 saturated carbocycles. The quantitative estimate of drug-likeness (QED) is 0.156. The molecule has 0 aliphatic rings. The van der Waals surface area contributed by atoms with Crippen molar-refractivity contribution in [1.82, 2.24) is 19.9 Å². The first kappa shape index (κ1) is 34.7. The Kier molecular flexibility index (Phi) is 9.18. The van der Waals surface area contributed by atoms with Crippen molar-refractivity contribution in [1.29, 1.82) is 0 Å². The van der Waals surface area contributed by atoms with Crippen LogP contribution in [0.5, 0.6) is 0 Å². The van der Waals surface area contributed by atoms with E-state index in [1.165, 1.54) is 16.7 Å². The topological polar surface area (TPSA) is 51.6 Å². The molecular weight excluding hydrogens is 705 g/mol. The lowest BCUT2D eigenvalue weighted by molar-refractivity contribution is 1.16. The second-order valence-electron chi connectivity index (χ2n) is 14.3. The number of benzene rings is 7. The summed E-state index contributed by atoms with van der Waals surface area (Å²) in [7, 11) is 0. The van der Waals surface area contributed by atoms with Gasteiger partial charge in [0.25, 0.3) is 0 Å². The molecule has 10 aromatic rings. The molecule has 0 unspecified atom stereocenters. The highest BCUT2D eigenvalue weighted by molar-refractivity contribution is 5.99. The van der Waals surface area contributed by atoms with E-state index in [2.05, 4.69) is 152 Å². The van der Waals surface area contributed by atoms with Gasteiger partial charge in [-0.3, -0.25) is 4.98 Å². The standard InChI is InChI=1S/C54H36N4/c1-5-15-37(16-6-1)41-23-13-25-43(31-41)44-27-29-49-48(33-44)47(34-51(56-49)45-26-14-24-42(32-45)38-17-7-2-8-18-38)46-28-30-50(55-36-46)53-35-52(39-19-9-3-10-20-39)57-54(58-53)40-21-11-4-12-22-40/h1-36H. The number of fused-ring (bicyclic) bond motifs is 1. The van der Waals surface area contributed by atoms with Gasteiger partial charge in [0.2, 0.25) is 0 Å². The van der Waals surface area contributed by atoms with Crippen LogP contribution in [0, 0.1) is 0 Å². The first-order valence-corrected chi connectivity index (χ1v) is 19.5. The summed E-state index contributed by atoms with van der Waals surface area (Å²) in [4.78, 5) is 20.3. The number of hydrogen-bond acceptors (Lipinski definition) is 4. The summed E-state index contributed by atoms with van der Waals surface area (Å²) >= 11 is 0. The summed E-state index contributed by atoms with van der Waals surface area (Å²) in [6.07, 6.45) is 1.96. The Morgan fingerprint density at radius 3 is 1.36 bits per heavy atom. The van der Waals surface area contributed by atoms with E-state index in [-0.39, 0.29) is 0 Å². The second kappa shape index (κ2) is 15.4. The SMILES string of the molecule is c1ccc(-c2cccc(-c3ccc4nc(-c5cccc(-c6ccccc6)c5)cc(-c5ccc(-c6cc(-c7ccccc7)nc(-c7ccccc7)n6)nc5)c4c3)c2)cc1. The maximum atomic E-state index is 5.27. The van der Waals surface area contributed by atoms with Gasteiger partial charge < -0.3 is 0 Å². The predicted molar refractivity (Wildman–Crippen MR) is 239 cm³/mol. The van der Waals surface area contributed by atoms with Crippen LogP contribution in [0.2, 0.25) is 0 Å². The summed E-state index contributed by atoms with van der Waals surface area (Å²) in [5.74, 6) is 0.661. The zero-order valence-electron chi connectivity index (χ0n) is 31.6. The van der Waals surface area contributed by atoms with Crippen LogP contribution in [0.15, 0.2) is 219 Å². The smallest absolute Gasteiger partial charge is 0.160 e. The molecule has 0 bridgehead atoms. The van der Waals surface area contributed by atoms with Crippen LogP contribution in [-0.4, -0.2) is 19.9 Å². The van der Waals surface area contributed by atoms with E-state index in [0.717, 1.165) is 78.2 Å². The highest BCUT2D eigenvalue weighted by atomic mass is 14.9. The molecule has 7 aromatic carbocycles. The lowest BCUT2D eigenvalue weighted by Crippen LogP contribution is -1.97. The maximum Gasteiger partial charge on any atom is 0.160 e. The van der Waals surface area contributed by atoms with Gasteiger partial charge in [-0.05, 0) is 81.4 Å². The average molecular weight is 741 g/mol. The molecule has 0 amide bonds. The Labute approximate surface area is 337 Å². The highest BCUT2D eigenvalue weighted by Crippen LogP contribution is 2.37. The predicted octanol–water partition coefficient (Wildman–Crippen LogP) is 13.8. The molecule has 0 aliphatic heterocycles. The molecule has 3 heterocycles. The first-order chi connectivity index (χ1) is 28.7. The summed E-state index contributed by atoms with van der Waals surface area (Å²) in [6, 6.07) is 73.7. The van der Waals surface area contributed by atoms with Crippen molar-refractivity contribution < 1.29 is 0 Å². The molecule has 0 atom stereocenters. The number of rotatable bonds is 8. The van der Waals surface area contributed by atoms with Gasteiger partial charge in [0.05, 0.1) is 28.3 Å². The molecular formula is C54H36N4. The molecule has 4 heteroatoms. The van der Waals surface area contributed by atoms with Crippen LogP contribution in [-0.2, 0) is 0 Å². The van der Waals surface area contributed by atoms with Crippen molar-refractivity contribution in [3.05, 3.63) is 219 Å². The lowest BCUT2D eigenvalue weighted by Gasteiger charge is -2.14. The van der Waals surface area contributed by atoms with Gasteiger partial charge in [-0.25, -0.2) is 15.0 Å². The van der Waals surface area contributed by atoms with Crippen molar-refractivity contribution in [2.75, 3.05) is 0 Å². The van der Waals surface area contributed by atoms with Crippen molar-refractivity contribution in [2.45, 2.75) is 0 Å². The van der Waals surface area contributed by atoms with Gasteiger partial charge >= 0.3 is 0 Å². The summed E-state index contributed by atoms with van der Waals surface area (Å²) in [6.45, 7) is 0. The zero-order chi connectivity index (χ0) is 38.7. The molecule has 0 radical (unpaired) electrons. The Hall–Kier alpha value is -7.82. The van der Waals surface area contributed by atoms with Gasteiger partial charge in [-0.2, -0.15) is 0 Å². The van der Waals surface area contributed by atoms with Crippen molar-refractivity contribution in [2.24, 2.45) is 0 Å². The van der Waals surface area contributed by atoms with Crippen molar-refractivity contribution >= 4 is 10.9 Å². The van der Waals surface area contributed by atoms with E-state index in [1.807, 2.05) is 66.9 Å². The number of pyridine rings is 2. The van der Waals surface area contributed by atoms with Crippen LogP contribution in [0.3, 0.4) is 0 Å². The molecule has 0 fully saturated rings. The van der Waals surface area contributed by atoms with E-state index in [0.29, 0.717) is 5.82 Å². The molecule has 10 rings (SSSR count). The minimum atomic E-state index is 0.661. The second-order valence-corrected chi connectivity index (χ2v) is 14.3. The fourth-order valence-corrected chi connectivity index (χ4v) is 7.55. The van der Waals surface area contributed by atoms with Crippen LogP contribution in [0.4, 0.5) is 0 Å². The first-order valence-electron chi connectivity index (χ1n) is 19.5. The Balaban J connectivity index is 1.10. The molecule has 3 aromatic heterocycles. The van der Waals surface area contributed by atoms with Gasteiger partial charge in [0.1, 0.15) is 0 Å². The van der Waals surface area contributed by atoms with E-state index < -0.39 is 0 Å². The van der Waals surface area contributed by atoms with Gasteiger partial charge in [0.15, 0.2) is 5.82 Å². The lowest BCUT2D eigenvalue weighted by atomic mass is 9.94. The fraction of sp³-hybridized carbons (Fsp3) is 0. The van der Waals surface area contributed by atoms with Gasteiger partial charge in [-0.15, -0.1) is 0 Å². The van der Waals surface area contributed by atoms with E-state index in [1.54, 1.807) is 0 Å². The third-order valence-corrected chi connectivity index (χ3v) is 10.5. The molecule has 0 spiro atoms. The van der Waals surface area contributed by atoms with E-state index in [9.17, 15) is 0 Å². The average Bonchev–Trinajstić information content (AvgIpc) is 3.32. The van der Waals surface area contributed by atoms with Crippen LogP contribution >= 0.6 is 0 Å². The fourth-order valence-electron chi connectivity index (χ4n) is 7.55. The van der Waals surface area contributed by atoms with Crippen LogP contribution in [0.25, 0.3) is 101 Å². The van der Waals surface area contributed by atoms with Crippen LogP contribution in [0.1, 0.15) is 0 Å². The maximum absolute atomic E-state index is 5.27. The van der Waals surface area contributed by atoms with Crippen LogP contribution < -0.4 is 0 Å². The number of hydrogen-bond donors (Lipinski definition) is 0. The third-order valence-electron chi connectivity index (χ3n) is 10.5. The normalized spacial score (nSPS) is 11.1.